The first-order valence-corrected chi connectivity index (χ1v) is 7.64. The number of methoxy groups -OCH3 is 1. The van der Waals surface area contributed by atoms with Crippen molar-refractivity contribution < 1.29 is 19.1 Å². The third kappa shape index (κ3) is 4.01. The number of hydrogen-bond acceptors (Lipinski definition) is 5. The van der Waals surface area contributed by atoms with Gasteiger partial charge >= 0.3 is 11.9 Å². The fraction of sp³-hybridized carbons (Fsp3) is 0.389. The lowest BCUT2D eigenvalue weighted by Gasteiger charge is -2.20. The second-order valence-electron chi connectivity index (χ2n) is 6.46. The number of carbonyl (C=O) groups is 2. The van der Waals surface area contributed by atoms with E-state index in [1.807, 2.05) is 30.3 Å². The van der Waals surface area contributed by atoms with E-state index in [9.17, 15) is 9.59 Å². The summed E-state index contributed by atoms with van der Waals surface area (Å²) >= 11 is 0. The molecule has 0 saturated heterocycles. The number of aryl methyl sites for hydroxylation is 1. The molecule has 2 aromatic rings. The summed E-state index contributed by atoms with van der Waals surface area (Å²) in [5, 5.41) is 4.17. The zero-order chi connectivity index (χ0) is 17.9. The summed E-state index contributed by atoms with van der Waals surface area (Å²) in [5.41, 5.74) is 1.21. The second-order valence-corrected chi connectivity index (χ2v) is 6.46. The van der Waals surface area contributed by atoms with Crippen molar-refractivity contribution in [3.05, 3.63) is 52.8 Å². The number of rotatable bonds is 4. The van der Waals surface area contributed by atoms with E-state index in [0.29, 0.717) is 12.0 Å². The van der Waals surface area contributed by atoms with Gasteiger partial charge in [0.2, 0.25) is 0 Å². The molecule has 0 aliphatic carbocycles. The summed E-state index contributed by atoms with van der Waals surface area (Å²) in [5.74, 6) is -1.09. The highest BCUT2D eigenvalue weighted by Gasteiger charge is 2.29. The lowest BCUT2D eigenvalue weighted by molar-refractivity contribution is 0.00564. The van der Waals surface area contributed by atoms with Crippen molar-refractivity contribution in [3.8, 4) is 0 Å². The van der Waals surface area contributed by atoms with E-state index in [4.69, 9.17) is 9.47 Å². The first kappa shape index (κ1) is 17.7. The monoisotopic (exact) mass is 330 g/mol. The molecule has 6 nitrogen and oxygen atoms in total. The Kier molecular flexibility index (Phi) is 5.07. The molecule has 1 aromatic heterocycles. The van der Waals surface area contributed by atoms with E-state index in [0.717, 1.165) is 5.56 Å². The van der Waals surface area contributed by atoms with Gasteiger partial charge in [0.25, 0.3) is 0 Å². The second kappa shape index (κ2) is 6.86. The fourth-order valence-electron chi connectivity index (χ4n) is 2.38. The van der Waals surface area contributed by atoms with Crippen LogP contribution in [0.3, 0.4) is 0 Å². The topological polar surface area (TPSA) is 70.4 Å². The molecule has 2 rings (SSSR count). The van der Waals surface area contributed by atoms with Gasteiger partial charge in [0.1, 0.15) is 5.60 Å². The first-order chi connectivity index (χ1) is 11.2. The van der Waals surface area contributed by atoms with Crippen molar-refractivity contribution in [1.82, 2.24) is 9.78 Å². The van der Waals surface area contributed by atoms with E-state index < -0.39 is 17.5 Å². The molecule has 0 atom stereocenters. The normalized spacial score (nSPS) is 11.2. The van der Waals surface area contributed by atoms with Crippen LogP contribution in [0.15, 0.2) is 30.3 Å². The molecule has 6 heteroatoms. The Labute approximate surface area is 141 Å². The molecule has 0 saturated carbocycles. The van der Waals surface area contributed by atoms with Crippen LogP contribution in [0.4, 0.5) is 0 Å². The molecule has 0 spiro atoms. The molecule has 0 bridgehead atoms. The van der Waals surface area contributed by atoms with Gasteiger partial charge in [0, 0.05) is 19.0 Å². The number of esters is 2. The maximum Gasteiger partial charge on any atom is 0.358 e. The van der Waals surface area contributed by atoms with Crippen molar-refractivity contribution in [3.63, 3.8) is 0 Å². The van der Waals surface area contributed by atoms with Crippen LogP contribution in [-0.4, -0.2) is 34.4 Å². The summed E-state index contributed by atoms with van der Waals surface area (Å²) in [7, 11) is 2.90. The Balaban J connectivity index is 2.51. The van der Waals surface area contributed by atoms with Crippen LogP contribution in [0.1, 0.15) is 52.9 Å². The molecule has 0 radical (unpaired) electrons. The van der Waals surface area contributed by atoms with Gasteiger partial charge in [-0.25, -0.2) is 9.59 Å². The van der Waals surface area contributed by atoms with Gasteiger partial charge < -0.3 is 9.47 Å². The highest BCUT2D eigenvalue weighted by Crippen LogP contribution is 2.22. The van der Waals surface area contributed by atoms with Crippen molar-refractivity contribution >= 4 is 11.9 Å². The number of aromatic nitrogens is 2. The predicted molar refractivity (Wildman–Crippen MR) is 89.0 cm³/mol. The van der Waals surface area contributed by atoms with Crippen LogP contribution in [0.5, 0.6) is 0 Å². The summed E-state index contributed by atoms with van der Waals surface area (Å²) in [6.45, 7) is 5.37. The van der Waals surface area contributed by atoms with Crippen molar-refractivity contribution in [2.75, 3.05) is 7.11 Å². The minimum atomic E-state index is -0.642. The molecule has 128 valence electrons. The van der Waals surface area contributed by atoms with Crippen molar-refractivity contribution in [2.24, 2.45) is 7.05 Å². The predicted octanol–water partition coefficient (Wildman–Crippen LogP) is 2.75. The minimum Gasteiger partial charge on any atom is -0.464 e. The number of ether oxygens (including phenoxy) is 2. The molecular weight excluding hydrogens is 308 g/mol. The van der Waals surface area contributed by atoms with Crippen LogP contribution in [0.2, 0.25) is 0 Å². The van der Waals surface area contributed by atoms with Gasteiger partial charge in [-0.05, 0) is 26.3 Å². The largest absolute Gasteiger partial charge is 0.464 e. The highest BCUT2D eigenvalue weighted by molar-refractivity contribution is 5.96. The van der Waals surface area contributed by atoms with E-state index in [1.54, 1.807) is 27.8 Å². The lowest BCUT2D eigenvalue weighted by atomic mass is 10.0. The molecular formula is C18H22N2O4. The third-order valence-electron chi connectivity index (χ3n) is 3.34. The van der Waals surface area contributed by atoms with Crippen LogP contribution in [0, 0.1) is 0 Å². The number of nitrogens with zero attached hydrogens (tertiary/aromatic N) is 2. The lowest BCUT2D eigenvalue weighted by Crippen LogP contribution is -2.26. The maximum absolute atomic E-state index is 12.6. The molecule has 0 unspecified atom stereocenters. The van der Waals surface area contributed by atoms with Gasteiger partial charge in [-0.2, -0.15) is 5.10 Å². The van der Waals surface area contributed by atoms with Gasteiger partial charge in [-0.1, -0.05) is 30.3 Å². The molecule has 0 N–H and O–H groups in total. The van der Waals surface area contributed by atoms with Crippen LogP contribution in [0.25, 0.3) is 0 Å². The Morgan fingerprint density at radius 3 is 2.29 bits per heavy atom. The fourth-order valence-corrected chi connectivity index (χ4v) is 2.38. The summed E-state index contributed by atoms with van der Waals surface area (Å²) in [4.78, 5) is 24.6. The molecule has 24 heavy (non-hydrogen) atoms. The molecule has 0 aliphatic heterocycles. The molecule has 1 heterocycles. The van der Waals surface area contributed by atoms with Crippen LogP contribution < -0.4 is 0 Å². The van der Waals surface area contributed by atoms with Gasteiger partial charge in [0.05, 0.1) is 7.11 Å². The molecule has 0 fully saturated rings. The zero-order valence-electron chi connectivity index (χ0n) is 14.6. The Morgan fingerprint density at radius 2 is 1.75 bits per heavy atom. The Bertz CT molecular complexity index is 742. The average molecular weight is 330 g/mol. The zero-order valence-corrected chi connectivity index (χ0v) is 14.6. The SMILES string of the molecule is COC(=O)c1nn(C)c(C(=O)OC(C)(C)C)c1Cc1ccccc1. The Hall–Kier alpha value is -2.63. The first-order valence-electron chi connectivity index (χ1n) is 7.64. The molecule has 1 aromatic carbocycles. The van der Waals surface area contributed by atoms with Crippen molar-refractivity contribution in [2.45, 2.75) is 32.8 Å². The molecule has 0 amide bonds. The summed E-state index contributed by atoms with van der Waals surface area (Å²) in [6.07, 6.45) is 0.383. The number of hydrogen-bond donors (Lipinski definition) is 0. The number of carbonyl (C=O) groups excluding carboxylic acids is 2. The average Bonchev–Trinajstić information content (AvgIpc) is 2.82. The highest BCUT2D eigenvalue weighted by atomic mass is 16.6. The summed E-state index contributed by atoms with van der Waals surface area (Å²) < 4.78 is 11.6. The van der Waals surface area contributed by atoms with Gasteiger partial charge in [-0.3, -0.25) is 4.68 Å². The number of benzene rings is 1. The standard InChI is InChI=1S/C18H22N2O4/c1-18(2,3)24-17(22)15-13(11-12-9-7-6-8-10-12)14(16(21)23-5)19-20(15)4/h6-10H,11H2,1-5H3. The maximum atomic E-state index is 12.6. The van der Waals surface area contributed by atoms with Crippen molar-refractivity contribution in [1.29, 1.82) is 0 Å². The quantitative estimate of drug-likeness (QED) is 0.806. The van der Waals surface area contributed by atoms with Gasteiger partial charge in [-0.15, -0.1) is 0 Å². The summed E-state index contributed by atoms with van der Waals surface area (Å²) in [6, 6.07) is 9.55. The van der Waals surface area contributed by atoms with E-state index in [-0.39, 0.29) is 11.4 Å². The third-order valence-corrected chi connectivity index (χ3v) is 3.34. The smallest absolute Gasteiger partial charge is 0.358 e. The van der Waals surface area contributed by atoms with Crippen LogP contribution >= 0.6 is 0 Å². The van der Waals surface area contributed by atoms with E-state index in [2.05, 4.69) is 5.10 Å². The van der Waals surface area contributed by atoms with Crippen LogP contribution in [-0.2, 0) is 22.9 Å². The minimum absolute atomic E-state index is 0.129. The molecule has 0 aliphatic rings. The van der Waals surface area contributed by atoms with Gasteiger partial charge in [0.15, 0.2) is 11.4 Å². The van der Waals surface area contributed by atoms with E-state index >= 15 is 0 Å². The van der Waals surface area contributed by atoms with E-state index in [1.165, 1.54) is 11.8 Å². The Morgan fingerprint density at radius 1 is 1.12 bits per heavy atom.